The Bertz CT molecular complexity index is 1370. The molecule has 204 valence electrons. The van der Waals surface area contributed by atoms with Crippen LogP contribution in [0.3, 0.4) is 0 Å². The highest BCUT2D eigenvalue weighted by atomic mass is 32.2. The Morgan fingerprint density at radius 2 is 1.97 bits per heavy atom. The number of rotatable bonds is 7. The maximum Gasteiger partial charge on any atom is 0.227 e. The van der Waals surface area contributed by atoms with E-state index < -0.39 is 21.5 Å². The van der Waals surface area contributed by atoms with Crippen LogP contribution >= 0.6 is 0 Å². The van der Waals surface area contributed by atoms with Crippen LogP contribution < -0.4 is 15.4 Å². The highest BCUT2D eigenvalue weighted by Crippen LogP contribution is 2.31. The molecule has 4 bridgehead atoms. The van der Waals surface area contributed by atoms with Crippen LogP contribution in [0.15, 0.2) is 42.6 Å². The van der Waals surface area contributed by atoms with Gasteiger partial charge < -0.3 is 20.1 Å². The van der Waals surface area contributed by atoms with Crippen molar-refractivity contribution in [1.82, 2.24) is 9.97 Å². The van der Waals surface area contributed by atoms with Crippen LogP contribution in [-0.2, 0) is 20.3 Å². The molecule has 38 heavy (non-hydrogen) atoms. The predicted octanol–water partition coefficient (Wildman–Crippen LogP) is 5.48. The molecular weight excluding hydrogens is 514 g/mol. The van der Waals surface area contributed by atoms with Gasteiger partial charge in [-0.25, -0.2) is 27.2 Å². The molecule has 1 aliphatic rings. The normalized spacial score (nSPS) is 13.9. The fraction of sp³-hybridized carbons (Fsp3) is 0.407. The van der Waals surface area contributed by atoms with E-state index >= 15 is 0 Å². The number of benzene rings is 2. The quantitative estimate of drug-likeness (QED) is 0.376. The second-order valence-corrected chi connectivity index (χ2v) is 11.6. The lowest BCUT2D eigenvalue weighted by atomic mass is 10.1. The van der Waals surface area contributed by atoms with E-state index in [4.69, 9.17) is 9.47 Å². The van der Waals surface area contributed by atoms with E-state index in [-0.39, 0.29) is 29.3 Å². The summed E-state index contributed by atoms with van der Waals surface area (Å²) in [7, 11) is -3.40. The molecule has 4 rings (SSSR count). The van der Waals surface area contributed by atoms with Crippen molar-refractivity contribution < 1.29 is 26.7 Å². The number of halogens is 2. The van der Waals surface area contributed by atoms with E-state index in [2.05, 4.69) is 20.6 Å². The van der Waals surface area contributed by atoms with E-state index in [0.29, 0.717) is 67.3 Å². The summed E-state index contributed by atoms with van der Waals surface area (Å²) in [5.41, 5.74) is 1.89. The largest absolute Gasteiger partial charge is 0.494 e. The predicted molar refractivity (Wildman–Crippen MR) is 144 cm³/mol. The van der Waals surface area contributed by atoms with Crippen molar-refractivity contribution in [1.29, 1.82) is 0 Å². The van der Waals surface area contributed by atoms with Crippen LogP contribution in [0, 0.1) is 11.6 Å². The molecule has 2 heterocycles. The van der Waals surface area contributed by atoms with E-state index in [0.717, 1.165) is 6.20 Å². The SMILES string of the molecule is CC(C)OCCCS(=O)(=O)Cc1cc2cc(c1)OCCCCNc1cc(F)ccc1-c1nc(ncc1F)N2. The number of sulfone groups is 1. The number of nitrogens with zero attached hydrogens (tertiary/aromatic N) is 2. The smallest absolute Gasteiger partial charge is 0.227 e. The third-order valence-electron chi connectivity index (χ3n) is 5.80. The van der Waals surface area contributed by atoms with Gasteiger partial charge in [-0.05, 0) is 69.0 Å². The van der Waals surface area contributed by atoms with Crippen molar-refractivity contribution in [3.63, 3.8) is 0 Å². The van der Waals surface area contributed by atoms with Crippen LogP contribution in [0.4, 0.5) is 26.1 Å². The molecular formula is C27H32F2N4O4S. The first-order valence-corrected chi connectivity index (χ1v) is 14.4. The molecule has 8 nitrogen and oxygen atoms in total. The van der Waals surface area contributed by atoms with E-state index in [9.17, 15) is 17.2 Å². The molecule has 11 heteroatoms. The molecule has 1 aliphatic heterocycles. The molecule has 0 unspecified atom stereocenters. The highest BCUT2D eigenvalue weighted by molar-refractivity contribution is 7.90. The van der Waals surface area contributed by atoms with E-state index in [1.807, 2.05) is 13.8 Å². The van der Waals surface area contributed by atoms with Gasteiger partial charge >= 0.3 is 0 Å². The fourth-order valence-electron chi connectivity index (χ4n) is 4.08. The lowest BCUT2D eigenvalue weighted by Crippen LogP contribution is -2.13. The number of hydrogen-bond acceptors (Lipinski definition) is 8. The molecule has 0 atom stereocenters. The van der Waals surface area contributed by atoms with Crippen molar-refractivity contribution in [2.24, 2.45) is 0 Å². The zero-order valence-electron chi connectivity index (χ0n) is 21.5. The topological polar surface area (TPSA) is 102 Å². The first-order valence-electron chi connectivity index (χ1n) is 12.6. The standard InChI is InChI=1S/C27H32F2N4O4S/c1-18(2)36-10-5-11-38(34,35)17-19-12-21-15-22(13-19)37-9-4-3-8-30-25-14-20(28)6-7-23(25)26-24(29)16-31-27(32-21)33-26/h6-7,12-16,18,30H,3-5,8-11,17H2,1-2H3,(H,31,32,33). The molecule has 2 N–H and O–H groups in total. The second-order valence-electron chi connectivity index (χ2n) is 9.42. The molecule has 0 fully saturated rings. The zero-order valence-corrected chi connectivity index (χ0v) is 22.3. The van der Waals surface area contributed by atoms with Gasteiger partial charge in [-0.3, -0.25) is 0 Å². The van der Waals surface area contributed by atoms with Crippen molar-refractivity contribution in [3.8, 4) is 17.0 Å². The molecule has 0 spiro atoms. The third kappa shape index (κ3) is 7.84. The summed E-state index contributed by atoms with van der Waals surface area (Å²) in [4.78, 5) is 8.39. The number of nitrogens with one attached hydrogen (secondary N) is 2. The molecule has 0 saturated heterocycles. The van der Waals surface area contributed by atoms with Crippen LogP contribution in [-0.4, -0.2) is 50.0 Å². The number of aromatic nitrogens is 2. The Kier molecular flexibility index (Phi) is 9.11. The minimum atomic E-state index is -3.40. The Morgan fingerprint density at radius 1 is 1.13 bits per heavy atom. The number of hydrogen-bond donors (Lipinski definition) is 2. The summed E-state index contributed by atoms with van der Waals surface area (Å²) in [6.07, 6.45) is 2.91. The monoisotopic (exact) mass is 546 g/mol. The summed E-state index contributed by atoms with van der Waals surface area (Å²) in [6, 6.07) is 9.15. The van der Waals surface area contributed by atoms with Crippen LogP contribution in [0.25, 0.3) is 11.3 Å². The Labute approximate surface area is 221 Å². The van der Waals surface area contributed by atoms with Gasteiger partial charge in [0.15, 0.2) is 15.7 Å². The van der Waals surface area contributed by atoms with Gasteiger partial charge in [0, 0.05) is 36.2 Å². The van der Waals surface area contributed by atoms with Crippen molar-refractivity contribution >= 4 is 27.2 Å². The molecule has 0 saturated carbocycles. The van der Waals surface area contributed by atoms with Gasteiger partial charge in [0.2, 0.25) is 5.95 Å². The first kappa shape index (κ1) is 27.7. The summed E-state index contributed by atoms with van der Waals surface area (Å²) in [6.45, 7) is 5.10. The summed E-state index contributed by atoms with van der Waals surface area (Å²) >= 11 is 0. The molecule has 0 aliphatic carbocycles. The molecule has 3 aromatic rings. The molecule has 2 aromatic carbocycles. The van der Waals surface area contributed by atoms with E-state index in [1.54, 1.807) is 18.2 Å². The number of anilines is 3. The Morgan fingerprint density at radius 3 is 2.79 bits per heavy atom. The highest BCUT2D eigenvalue weighted by Gasteiger charge is 2.17. The number of ether oxygens (including phenoxy) is 2. The second kappa shape index (κ2) is 12.5. The molecule has 1 aromatic heterocycles. The maximum atomic E-state index is 14.8. The summed E-state index contributed by atoms with van der Waals surface area (Å²) < 4.78 is 65.7. The van der Waals surface area contributed by atoms with Crippen molar-refractivity contribution in [2.45, 2.75) is 45.0 Å². The van der Waals surface area contributed by atoms with Gasteiger partial charge in [-0.1, -0.05) is 0 Å². The van der Waals surface area contributed by atoms with Gasteiger partial charge in [-0.15, -0.1) is 0 Å². The maximum absolute atomic E-state index is 14.8. The van der Waals surface area contributed by atoms with Gasteiger partial charge in [0.25, 0.3) is 0 Å². The van der Waals surface area contributed by atoms with Crippen LogP contribution in [0.5, 0.6) is 5.75 Å². The molecule has 0 radical (unpaired) electrons. The lowest BCUT2D eigenvalue weighted by molar-refractivity contribution is 0.0797. The van der Waals surface area contributed by atoms with Gasteiger partial charge in [0.1, 0.15) is 17.3 Å². The first-order chi connectivity index (χ1) is 18.2. The van der Waals surface area contributed by atoms with Crippen molar-refractivity contribution in [2.75, 3.05) is 36.1 Å². The third-order valence-corrected chi connectivity index (χ3v) is 7.48. The Hall–Kier alpha value is -3.31. The van der Waals surface area contributed by atoms with E-state index in [1.165, 1.54) is 18.2 Å². The zero-order chi connectivity index (χ0) is 27.1. The Balaban J connectivity index is 1.63. The average molecular weight is 547 g/mol. The lowest BCUT2D eigenvalue weighted by Gasteiger charge is -2.14. The van der Waals surface area contributed by atoms with Crippen molar-refractivity contribution in [3.05, 3.63) is 59.8 Å². The average Bonchev–Trinajstić information content (AvgIpc) is 2.85. The summed E-state index contributed by atoms with van der Waals surface area (Å²) in [5.74, 6) is -0.664. The van der Waals surface area contributed by atoms with Crippen LogP contribution in [0.2, 0.25) is 0 Å². The van der Waals surface area contributed by atoms with Gasteiger partial charge in [0.05, 0.1) is 30.4 Å². The number of fused-ring (bicyclic) bond motifs is 6. The van der Waals surface area contributed by atoms with Crippen LogP contribution in [0.1, 0.15) is 38.7 Å². The minimum Gasteiger partial charge on any atom is -0.494 e. The minimum absolute atomic E-state index is 0.00496. The van der Waals surface area contributed by atoms with Gasteiger partial charge in [-0.2, -0.15) is 0 Å². The summed E-state index contributed by atoms with van der Waals surface area (Å²) in [5, 5.41) is 6.19. The molecule has 0 amide bonds. The fourth-order valence-corrected chi connectivity index (χ4v) is 5.45.